The number of nitrogens with zero attached hydrogens (tertiary/aromatic N) is 1. The van der Waals surface area contributed by atoms with E-state index >= 15 is 0 Å². The predicted octanol–water partition coefficient (Wildman–Crippen LogP) is 2.45. The van der Waals surface area contributed by atoms with Crippen molar-refractivity contribution in [2.45, 2.75) is 61.8 Å². The maximum absolute atomic E-state index is 12.6. The number of hydrogen-bond acceptors (Lipinski definition) is 5. The number of hydrogen-bond donors (Lipinski definition) is 2. The lowest BCUT2D eigenvalue weighted by atomic mass is 10.1. The molecule has 3 rings (SSSR count). The first-order valence-corrected chi connectivity index (χ1v) is 14.5. The van der Waals surface area contributed by atoms with E-state index in [1.807, 2.05) is 0 Å². The van der Waals surface area contributed by atoms with Crippen molar-refractivity contribution in [2.24, 2.45) is 0 Å². The van der Waals surface area contributed by atoms with E-state index in [0.717, 1.165) is 24.0 Å². The molecule has 0 aromatic heterocycles. The third kappa shape index (κ3) is 7.11. The Labute approximate surface area is 202 Å². The molecule has 2 N–H and O–H groups in total. The largest absolute Gasteiger partial charge is 0.356 e. The second-order valence-corrected chi connectivity index (χ2v) is 12.4. The number of nitrogens with one attached hydrogen (secondary N) is 2. The average molecular weight is 508 g/mol. The summed E-state index contributed by atoms with van der Waals surface area (Å²) >= 11 is 0. The Morgan fingerprint density at radius 3 is 1.94 bits per heavy atom. The molecule has 1 saturated heterocycles. The molecular weight excluding hydrogens is 474 g/mol. The Morgan fingerprint density at radius 1 is 0.853 bits per heavy atom. The summed E-state index contributed by atoms with van der Waals surface area (Å²) in [5.74, 6) is -0.0913. The number of benzene rings is 2. The molecule has 2 aromatic carbocycles. The summed E-state index contributed by atoms with van der Waals surface area (Å²) in [6.45, 7) is 5.14. The maximum atomic E-state index is 12.6. The van der Waals surface area contributed by atoms with Gasteiger partial charge in [-0.2, -0.15) is 4.31 Å². The van der Waals surface area contributed by atoms with E-state index < -0.39 is 20.0 Å². The summed E-state index contributed by atoms with van der Waals surface area (Å²) in [5, 5.41) is 2.88. The van der Waals surface area contributed by atoms with E-state index in [9.17, 15) is 21.6 Å². The lowest BCUT2D eigenvalue weighted by molar-refractivity contribution is -0.121. The first kappa shape index (κ1) is 26.3. The van der Waals surface area contributed by atoms with Gasteiger partial charge in [-0.05, 0) is 74.9 Å². The first-order valence-electron chi connectivity index (χ1n) is 11.5. The zero-order valence-electron chi connectivity index (χ0n) is 19.7. The van der Waals surface area contributed by atoms with Gasteiger partial charge < -0.3 is 5.32 Å². The average Bonchev–Trinajstić information content (AvgIpc) is 3.33. The zero-order chi connectivity index (χ0) is 24.8. The fraction of sp³-hybridized carbons (Fsp3) is 0.458. The summed E-state index contributed by atoms with van der Waals surface area (Å²) in [6.07, 6.45) is 3.21. The molecule has 0 unspecified atom stereocenters. The molecule has 10 heteroatoms. The van der Waals surface area contributed by atoms with Crippen molar-refractivity contribution in [1.29, 1.82) is 0 Å². The summed E-state index contributed by atoms with van der Waals surface area (Å²) in [4.78, 5) is 12.7. The Bertz CT molecular complexity index is 1170. The molecule has 0 aliphatic carbocycles. The number of rotatable bonds is 11. The van der Waals surface area contributed by atoms with Crippen LogP contribution in [0.4, 0.5) is 0 Å². The summed E-state index contributed by atoms with van der Waals surface area (Å²) in [6, 6.07) is 13.2. The minimum absolute atomic E-state index is 0.0913. The van der Waals surface area contributed by atoms with Crippen molar-refractivity contribution < 1.29 is 21.6 Å². The van der Waals surface area contributed by atoms with Crippen molar-refractivity contribution in [1.82, 2.24) is 14.3 Å². The van der Waals surface area contributed by atoms with Crippen molar-refractivity contribution >= 4 is 26.0 Å². The fourth-order valence-electron chi connectivity index (χ4n) is 3.81. The molecule has 0 bridgehead atoms. The van der Waals surface area contributed by atoms with Crippen molar-refractivity contribution in [2.75, 3.05) is 19.6 Å². The van der Waals surface area contributed by atoms with Crippen LogP contribution in [0.15, 0.2) is 58.3 Å². The number of carbonyl (C=O) groups excluding carboxylic acids is 1. The van der Waals surface area contributed by atoms with E-state index in [2.05, 4.69) is 10.0 Å². The quantitative estimate of drug-likeness (QED) is 0.485. The van der Waals surface area contributed by atoms with Gasteiger partial charge in [-0.1, -0.05) is 24.3 Å². The highest BCUT2D eigenvalue weighted by molar-refractivity contribution is 7.89. The molecule has 1 aliphatic rings. The van der Waals surface area contributed by atoms with Gasteiger partial charge in [0.25, 0.3) is 0 Å². The van der Waals surface area contributed by atoms with Crippen molar-refractivity contribution in [3.8, 4) is 0 Å². The van der Waals surface area contributed by atoms with E-state index in [4.69, 9.17) is 0 Å². The van der Waals surface area contributed by atoms with Gasteiger partial charge in [-0.3, -0.25) is 4.79 Å². The topological polar surface area (TPSA) is 113 Å². The Balaban J connectivity index is 1.42. The molecular formula is C24H33N3O5S2. The zero-order valence-corrected chi connectivity index (χ0v) is 21.3. The minimum Gasteiger partial charge on any atom is -0.356 e. The van der Waals surface area contributed by atoms with Crippen LogP contribution in [-0.4, -0.2) is 52.7 Å². The molecule has 1 aliphatic heterocycles. The van der Waals surface area contributed by atoms with Gasteiger partial charge >= 0.3 is 0 Å². The monoisotopic (exact) mass is 507 g/mol. The second-order valence-electron chi connectivity index (χ2n) is 8.78. The number of carbonyl (C=O) groups is 1. The molecule has 0 spiro atoms. The molecule has 34 heavy (non-hydrogen) atoms. The second kappa shape index (κ2) is 11.4. The van der Waals surface area contributed by atoms with Gasteiger partial charge in [0.15, 0.2) is 0 Å². The van der Waals surface area contributed by atoms with Gasteiger partial charge in [0, 0.05) is 32.1 Å². The number of amides is 1. The highest BCUT2D eigenvalue weighted by Gasteiger charge is 2.26. The molecule has 0 saturated carbocycles. The normalized spacial score (nSPS) is 15.0. The van der Waals surface area contributed by atoms with Gasteiger partial charge in [0.1, 0.15) is 0 Å². The van der Waals surface area contributed by atoms with E-state index in [1.54, 1.807) is 62.4 Å². The van der Waals surface area contributed by atoms with Crippen LogP contribution >= 0.6 is 0 Å². The maximum Gasteiger partial charge on any atom is 0.243 e. The van der Waals surface area contributed by atoms with Crippen LogP contribution < -0.4 is 10.0 Å². The first-order chi connectivity index (χ1) is 16.1. The van der Waals surface area contributed by atoms with Crippen molar-refractivity contribution in [3.05, 3.63) is 59.7 Å². The SMILES string of the molecule is CC(C)NS(=O)(=O)c1ccc(CCC(=O)NCCc2ccc(S(=O)(=O)N3CCCC3)cc2)cc1. The van der Waals surface area contributed by atoms with Crippen molar-refractivity contribution in [3.63, 3.8) is 0 Å². The van der Waals surface area contributed by atoms with Gasteiger partial charge in [0.05, 0.1) is 9.79 Å². The minimum atomic E-state index is -3.53. The third-order valence-corrected chi connectivity index (χ3v) is 9.21. The van der Waals surface area contributed by atoms with Crippen LogP contribution in [-0.2, 0) is 37.7 Å². The van der Waals surface area contributed by atoms with E-state index in [0.29, 0.717) is 43.8 Å². The lowest BCUT2D eigenvalue weighted by Gasteiger charge is -2.15. The van der Waals surface area contributed by atoms with Gasteiger partial charge in [0.2, 0.25) is 26.0 Å². The van der Waals surface area contributed by atoms with E-state index in [1.165, 1.54) is 4.31 Å². The molecule has 1 amide bonds. The molecule has 186 valence electrons. The van der Waals surface area contributed by atoms with Gasteiger partial charge in [-0.25, -0.2) is 21.6 Å². The standard InChI is InChI=1S/C24H33N3O5S2/c1-19(2)26-33(29,30)22-10-5-20(6-11-22)9-14-24(28)25-16-15-21-7-12-23(13-8-21)34(31,32)27-17-3-4-18-27/h5-8,10-13,19,26H,3-4,9,14-18H2,1-2H3,(H,25,28). The highest BCUT2D eigenvalue weighted by Crippen LogP contribution is 2.21. The molecule has 0 radical (unpaired) electrons. The summed E-state index contributed by atoms with van der Waals surface area (Å²) < 4.78 is 53.6. The molecule has 8 nitrogen and oxygen atoms in total. The Kier molecular flexibility index (Phi) is 8.86. The van der Waals surface area contributed by atoms with Crippen LogP contribution in [0.25, 0.3) is 0 Å². The Hall–Kier alpha value is -2.27. The van der Waals surface area contributed by atoms with Crippen LogP contribution in [0.3, 0.4) is 0 Å². The van der Waals surface area contributed by atoms with Crippen LogP contribution in [0.1, 0.15) is 44.2 Å². The van der Waals surface area contributed by atoms with Crippen LogP contribution in [0, 0.1) is 0 Å². The third-order valence-electron chi connectivity index (χ3n) is 5.63. The Morgan fingerprint density at radius 2 is 1.38 bits per heavy atom. The lowest BCUT2D eigenvalue weighted by Crippen LogP contribution is -2.30. The van der Waals surface area contributed by atoms with Gasteiger partial charge in [-0.15, -0.1) is 0 Å². The van der Waals surface area contributed by atoms with Crippen LogP contribution in [0.2, 0.25) is 0 Å². The smallest absolute Gasteiger partial charge is 0.243 e. The summed E-state index contributed by atoms with van der Waals surface area (Å²) in [7, 11) is -6.94. The molecule has 1 heterocycles. The molecule has 0 atom stereocenters. The number of aryl methyl sites for hydroxylation is 1. The highest BCUT2D eigenvalue weighted by atomic mass is 32.2. The van der Waals surface area contributed by atoms with E-state index in [-0.39, 0.29) is 16.8 Å². The predicted molar refractivity (Wildman–Crippen MR) is 131 cm³/mol. The fourth-order valence-corrected chi connectivity index (χ4v) is 6.58. The molecule has 1 fully saturated rings. The number of sulfonamides is 2. The molecule has 2 aromatic rings. The summed E-state index contributed by atoms with van der Waals surface area (Å²) in [5.41, 5.74) is 1.83. The van der Waals surface area contributed by atoms with Crippen LogP contribution in [0.5, 0.6) is 0 Å².